The molecule has 0 bridgehead atoms. The van der Waals surface area contributed by atoms with E-state index >= 15 is 0 Å². The summed E-state index contributed by atoms with van der Waals surface area (Å²) < 4.78 is 19.3. The van der Waals surface area contributed by atoms with Gasteiger partial charge >= 0.3 is 0 Å². The molecule has 16 heavy (non-hydrogen) atoms. The number of hydrogen-bond donors (Lipinski definition) is 0. The van der Waals surface area contributed by atoms with Crippen LogP contribution < -0.4 is 0 Å². The lowest BCUT2D eigenvalue weighted by atomic mass is 9.93. The average molecular weight is 229 g/mol. The minimum Gasteiger partial charge on any atom is -0.376 e. The molecule has 0 spiro atoms. The summed E-state index contributed by atoms with van der Waals surface area (Å²) in [5.41, 5.74) is 0. The molecule has 94 valence electrons. The number of piperidine rings is 1. The Hall–Kier alpha value is -0.150. The fraction of sp³-hybridized carbons (Fsp3) is 1.00. The Morgan fingerprint density at radius 3 is 2.88 bits per heavy atom. The molecule has 0 aliphatic carbocycles. The Morgan fingerprint density at radius 2 is 2.12 bits per heavy atom. The molecule has 0 aromatic rings. The third-order valence-electron chi connectivity index (χ3n) is 4.06. The van der Waals surface area contributed by atoms with Crippen molar-refractivity contribution in [3.8, 4) is 0 Å². The molecule has 2 saturated heterocycles. The number of nitrogens with zero attached hydrogens (tertiary/aromatic N) is 1. The minimum atomic E-state index is -0.666. The summed E-state index contributed by atoms with van der Waals surface area (Å²) in [4.78, 5) is 2.45. The van der Waals surface area contributed by atoms with E-state index in [1.165, 1.54) is 12.8 Å². The number of ether oxygens (including phenoxy) is 1. The first-order chi connectivity index (χ1) is 7.66. The van der Waals surface area contributed by atoms with Crippen LogP contribution in [0.4, 0.5) is 4.39 Å². The molecule has 3 heteroatoms. The van der Waals surface area contributed by atoms with Gasteiger partial charge in [0.1, 0.15) is 6.17 Å². The van der Waals surface area contributed by atoms with Gasteiger partial charge in [-0.05, 0) is 25.3 Å². The Balaban J connectivity index is 1.83. The second kappa shape index (κ2) is 5.46. The monoisotopic (exact) mass is 229 g/mol. The molecule has 2 heterocycles. The predicted octanol–water partition coefficient (Wildman–Crippen LogP) is 2.48. The van der Waals surface area contributed by atoms with Crippen molar-refractivity contribution in [3.05, 3.63) is 0 Å². The summed E-state index contributed by atoms with van der Waals surface area (Å²) in [6, 6.07) is 0. The van der Waals surface area contributed by atoms with Crippen LogP contribution in [-0.4, -0.2) is 43.4 Å². The number of hydrogen-bond acceptors (Lipinski definition) is 2. The number of halogens is 1. The summed E-state index contributed by atoms with van der Waals surface area (Å²) >= 11 is 0. The highest BCUT2D eigenvalue weighted by Gasteiger charge is 2.32. The van der Waals surface area contributed by atoms with E-state index in [-0.39, 0.29) is 12.0 Å². The standard InChI is InChI=1S/C13H24FNO/c1-10-4-3-6-15(8-10)9-13-11(2)12(14)5-7-16-13/h10-13H,3-9H2,1-2H3/t10-,11+,12+,13-/m0/s1. The molecule has 0 N–H and O–H groups in total. The van der Waals surface area contributed by atoms with Gasteiger partial charge in [0.25, 0.3) is 0 Å². The lowest BCUT2D eigenvalue weighted by Gasteiger charge is -2.38. The van der Waals surface area contributed by atoms with Gasteiger partial charge in [-0.1, -0.05) is 13.8 Å². The smallest absolute Gasteiger partial charge is 0.107 e. The summed E-state index contributed by atoms with van der Waals surface area (Å²) in [7, 11) is 0. The highest BCUT2D eigenvalue weighted by atomic mass is 19.1. The van der Waals surface area contributed by atoms with Crippen molar-refractivity contribution in [2.45, 2.75) is 45.4 Å². The van der Waals surface area contributed by atoms with E-state index in [1.807, 2.05) is 6.92 Å². The topological polar surface area (TPSA) is 12.5 Å². The normalized spacial score (nSPS) is 42.2. The highest BCUT2D eigenvalue weighted by molar-refractivity contribution is 4.82. The first kappa shape index (κ1) is 12.3. The van der Waals surface area contributed by atoms with Gasteiger partial charge < -0.3 is 9.64 Å². The van der Waals surface area contributed by atoms with Crippen LogP contribution in [0.1, 0.15) is 33.1 Å². The zero-order valence-electron chi connectivity index (χ0n) is 10.5. The van der Waals surface area contributed by atoms with Crippen molar-refractivity contribution in [2.24, 2.45) is 11.8 Å². The Morgan fingerprint density at radius 1 is 1.31 bits per heavy atom. The van der Waals surface area contributed by atoms with Crippen LogP contribution in [-0.2, 0) is 4.74 Å². The maximum Gasteiger partial charge on any atom is 0.107 e. The van der Waals surface area contributed by atoms with E-state index in [0.717, 1.165) is 25.6 Å². The van der Waals surface area contributed by atoms with Crippen LogP contribution in [0.15, 0.2) is 0 Å². The van der Waals surface area contributed by atoms with Crippen molar-refractivity contribution in [1.82, 2.24) is 4.90 Å². The first-order valence-corrected chi connectivity index (χ1v) is 6.65. The molecule has 2 aliphatic heterocycles. The van der Waals surface area contributed by atoms with Gasteiger partial charge in [0.05, 0.1) is 6.10 Å². The molecule has 0 unspecified atom stereocenters. The average Bonchev–Trinajstić information content (AvgIpc) is 2.25. The lowest BCUT2D eigenvalue weighted by Crippen LogP contribution is -2.46. The van der Waals surface area contributed by atoms with Crippen molar-refractivity contribution in [3.63, 3.8) is 0 Å². The van der Waals surface area contributed by atoms with Gasteiger partial charge in [0.2, 0.25) is 0 Å². The third kappa shape index (κ3) is 2.95. The minimum absolute atomic E-state index is 0.0611. The van der Waals surface area contributed by atoms with Crippen LogP contribution in [0.5, 0.6) is 0 Å². The summed E-state index contributed by atoms with van der Waals surface area (Å²) in [5.74, 6) is 0.847. The molecular weight excluding hydrogens is 205 g/mol. The van der Waals surface area contributed by atoms with E-state index in [0.29, 0.717) is 13.0 Å². The maximum atomic E-state index is 13.6. The Labute approximate surface area is 98.1 Å². The van der Waals surface area contributed by atoms with Gasteiger partial charge in [-0.3, -0.25) is 0 Å². The quantitative estimate of drug-likeness (QED) is 0.721. The van der Waals surface area contributed by atoms with E-state index < -0.39 is 6.17 Å². The zero-order chi connectivity index (χ0) is 11.5. The third-order valence-corrected chi connectivity index (χ3v) is 4.06. The molecule has 2 rings (SSSR count). The molecule has 0 aromatic carbocycles. The van der Waals surface area contributed by atoms with Crippen LogP contribution in [0.2, 0.25) is 0 Å². The zero-order valence-corrected chi connectivity index (χ0v) is 10.5. The van der Waals surface area contributed by atoms with E-state index in [4.69, 9.17) is 4.74 Å². The summed E-state index contributed by atoms with van der Waals surface area (Å²) in [6.07, 6.45) is 2.63. The molecule has 0 amide bonds. The molecule has 2 fully saturated rings. The number of likely N-dealkylation sites (tertiary alicyclic amines) is 1. The molecule has 2 aliphatic rings. The maximum absolute atomic E-state index is 13.6. The van der Waals surface area contributed by atoms with Gasteiger partial charge in [0, 0.05) is 32.0 Å². The highest BCUT2D eigenvalue weighted by Crippen LogP contribution is 2.25. The first-order valence-electron chi connectivity index (χ1n) is 6.65. The number of alkyl halides is 1. The van der Waals surface area contributed by atoms with Crippen LogP contribution in [0.3, 0.4) is 0 Å². The van der Waals surface area contributed by atoms with E-state index in [2.05, 4.69) is 11.8 Å². The Kier molecular flexibility index (Phi) is 4.20. The van der Waals surface area contributed by atoms with Crippen LogP contribution in [0.25, 0.3) is 0 Å². The predicted molar refractivity (Wildman–Crippen MR) is 63.3 cm³/mol. The Bertz CT molecular complexity index is 224. The van der Waals surface area contributed by atoms with Crippen molar-refractivity contribution < 1.29 is 9.13 Å². The molecule has 0 aromatic heterocycles. The van der Waals surface area contributed by atoms with Gasteiger partial charge in [0.15, 0.2) is 0 Å². The van der Waals surface area contributed by atoms with Crippen molar-refractivity contribution in [2.75, 3.05) is 26.2 Å². The fourth-order valence-corrected chi connectivity index (χ4v) is 2.91. The van der Waals surface area contributed by atoms with Crippen molar-refractivity contribution in [1.29, 1.82) is 0 Å². The molecule has 2 nitrogen and oxygen atoms in total. The lowest BCUT2D eigenvalue weighted by molar-refractivity contribution is -0.0755. The molecule has 0 saturated carbocycles. The number of rotatable bonds is 2. The van der Waals surface area contributed by atoms with Gasteiger partial charge in [-0.2, -0.15) is 0 Å². The molecule has 4 atom stereocenters. The fourth-order valence-electron chi connectivity index (χ4n) is 2.91. The molecular formula is C13H24FNO. The SMILES string of the molecule is C[C@H]1CCCN(C[C@@H]2OCC[C@@H](F)[C@H]2C)C1. The van der Waals surface area contributed by atoms with Crippen LogP contribution in [0, 0.1) is 11.8 Å². The van der Waals surface area contributed by atoms with E-state index in [1.54, 1.807) is 0 Å². The molecule has 0 radical (unpaired) electrons. The van der Waals surface area contributed by atoms with Crippen molar-refractivity contribution >= 4 is 0 Å². The second-order valence-electron chi connectivity index (χ2n) is 5.58. The largest absolute Gasteiger partial charge is 0.376 e. The summed E-state index contributed by atoms with van der Waals surface area (Å²) in [5, 5.41) is 0. The van der Waals surface area contributed by atoms with Gasteiger partial charge in [-0.25, -0.2) is 4.39 Å². The van der Waals surface area contributed by atoms with Crippen LogP contribution >= 0.6 is 0 Å². The van der Waals surface area contributed by atoms with E-state index in [9.17, 15) is 4.39 Å². The summed E-state index contributed by atoms with van der Waals surface area (Å²) in [6.45, 7) is 8.13. The van der Waals surface area contributed by atoms with Gasteiger partial charge in [-0.15, -0.1) is 0 Å². The second-order valence-corrected chi connectivity index (χ2v) is 5.58.